The van der Waals surface area contributed by atoms with Gasteiger partial charge in [-0.3, -0.25) is 0 Å². The average Bonchev–Trinajstić information content (AvgIpc) is 2.33. The zero-order chi connectivity index (χ0) is 13.1. The largest absolute Gasteiger partial charge is 0.385 e. The second-order valence-corrected chi connectivity index (χ2v) is 4.62. The zero-order valence-electron chi connectivity index (χ0n) is 12.3. The SMILES string of the molecule is CCCC(OCC)C(NCC)C(C)CCOC. The van der Waals surface area contributed by atoms with Crippen LogP contribution in [0.25, 0.3) is 0 Å². The first-order valence-corrected chi connectivity index (χ1v) is 7.05. The summed E-state index contributed by atoms with van der Waals surface area (Å²) in [7, 11) is 1.76. The van der Waals surface area contributed by atoms with Crippen LogP contribution in [-0.2, 0) is 9.47 Å². The highest BCUT2D eigenvalue weighted by atomic mass is 16.5. The van der Waals surface area contributed by atoms with Crippen LogP contribution in [0.5, 0.6) is 0 Å². The minimum atomic E-state index is 0.330. The van der Waals surface area contributed by atoms with Gasteiger partial charge in [-0.1, -0.05) is 27.2 Å². The third-order valence-corrected chi connectivity index (χ3v) is 3.18. The smallest absolute Gasteiger partial charge is 0.0730 e. The molecule has 0 rings (SSSR count). The van der Waals surface area contributed by atoms with E-state index < -0.39 is 0 Å². The molecule has 0 aromatic carbocycles. The third-order valence-electron chi connectivity index (χ3n) is 3.18. The Morgan fingerprint density at radius 3 is 2.29 bits per heavy atom. The van der Waals surface area contributed by atoms with E-state index in [0.29, 0.717) is 18.1 Å². The highest BCUT2D eigenvalue weighted by molar-refractivity contribution is 4.81. The van der Waals surface area contributed by atoms with Crippen LogP contribution >= 0.6 is 0 Å². The molecule has 0 radical (unpaired) electrons. The Kier molecular flexibility index (Phi) is 10.9. The molecule has 0 aliphatic heterocycles. The average molecular weight is 245 g/mol. The maximum Gasteiger partial charge on any atom is 0.0730 e. The molecule has 1 N–H and O–H groups in total. The van der Waals surface area contributed by atoms with E-state index in [2.05, 4.69) is 33.0 Å². The van der Waals surface area contributed by atoms with Gasteiger partial charge in [0.15, 0.2) is 0 Å². The molecular weight excluding hydrogens is 214 g/mol. The molecule has 0 aliphatic rings. The molecule has 0 bridgehead atoms. The van der Waals surface area contributed by atoms with Gasteiger partial charge in [-0.05, 0) is 32.2 Å². The number of nitrogens with one attached hydrogen (secondary N) is 1. The van der Waals surface area contributed by atoms with Gasteiger partial charge in [0.05, 0.1) is 6.10 Å². The van der Waals surface area contributed by atoms with Gasteiger partial charge < -0.3 is 14.8 Å². The maximum atomic E-state index is 5.89. The summed E-state index contributed by atoms with van der Waals surface area (Å²) in [6.07, 6.45) is 3.71. The van der Waals surface area contributed by atoms with E-state index in [1.807, 2.05) is 0 Å². The highest BCUT2D eigenvalue weighted by Crippen LogP contribution is 2.18. The fourth-order valence-corrected chi connectivity index (χ4v) is 2.28. The first-order chi connectivity index (χ1) is 8.21. The van der Waals surface area contributed by atoms with E-state index in [4.69, 9.17) is 9.47 Å². The molecule has 3 heteroatoms. The quantitative estimate of drug-likeness (QED) is 0.607. The first-order valence-electron chi connectivity index (χ1n) is 7.05. The Bertz CT molecular complexity index is 158. The van der Waals surface area contributed by atoms with E-state index in [1.165, 1.54) is 6.42 Å². The summed E-state index contributed by atoms with van der Waals surface area (Å²) in [6.45, 7) is 11.4. The number of hydrogen-bond donors (Lipinski definition) is 1. The number of likely N-dealkylation sites (N-methyl/N-ethyl adjacent to an activating group) is 1. The molecule has 3 unspecified atom stereocenters. The molecule has 17 heavy (non-hydrogen) atoms. The second kappa shape index (κ2) is 11.0. The molecule has 0 aliphatic carbocycles. The van der Waals surface area contributed by atoms with Crippen molar-refractivity contribution in [3.05, 3.63) is 0 Å². The monoisotopic (exact) mass is 245 g/mol. The summed E-state index contributed by atoms with van der Waals surface area (Å²) < 4.78 is 11.1. The minimum absolute atomic E-state index is 0.330. The molecule has 0 spiro atoms. The predicted octanol–water partition coefficient (Wildman–Crippen LogP) is 2.84. The molecule has 0 heterocycles. The van der Waals surface area contributed by atoms with Crippen LogP contribution < -0.4 is 5.32 Å². The van der Waals surface area contributed by atoms with Gasteiger partial charge in [-0.2, -0.15) is 0 Å². The first kappa shape index (κ1) is 16.9. The van der Waals surface area contributed by atoms with Crippen LogP contribution in [0.15, 0.2) is 0 Å². The van der Waals surface area contributed by atoms with Crippen LogP contribution in [0.3, 0.4) is 0 Å². The summed E-state index contributed by atoms with van der Waals surface area (Å²) in [5.41, 5.74) is 0. The van der Waals surface area contributed by atoms with Crippen molar-refractivity contribution >= 4 is 0 Å². The van der Waals surface area contributed by atoms with Crippen molar-refractivity contribution in [2.75, 3.05) is 26.9 Å². The van der Waals surface area contributed by atoms with Gasteiger partial charge in [0.25, 0.3) is 0 Å². The molecule has 0 saturated carbocycles. The molecule has 0 fully saturated rings. The van der Waals surface area contributed by atoms with Gasteiger partial charge in [0.2, 0.25) is 0 Å². The topological polar surface area (TPSA) is 30.5 Å². The zero-order valence-corrected chi connectivity index (χ0v) is 12.3. The fourth-order valence-electron chi connectivity index (χ4n) is 2.28. The Morgan fingerprint density at radius 2 is 1.82 bits per heavy atom. The second-order valence-electron chi connectivity index (χ2n) is 4.62. The van der Waals surface area contributed by atoms with Gasteiger partial charge in [0, 0.05) is 26.4 Å². The minimum Gasteiger partial charge on any atom is -0.385 e. The number of methoxy groups -OCH3 is 1. The molecule has 0 saturated heterocycles. The molecule has 3 atom stereocenters. The Labute approximate surface area is 107 Å². The van der Waals surface area contributed by atoms with Crippen LogP contribution in [0.1, 0.15) is 47.0 Å². The van der Waals surface area contributed by atoms with Crippen LogP contribution in [0.4, 0.5) is 0 Å². The molecule has 0 aromatic heterocycles. The van der Waals surface area contributed by atoms with E-state index in [1.54, 1.807) is 7.11 Å². The number of hydrogen-bond acceptors (Lipinski definition) is 3. The van der Waals surface area contributed by atoms with Crippen LogP contribution in [0, 0.1) is 5.92 Å². The highest BCUT2D eigenvalue weighted by Gasteiger charge is 2.25. The number of rotatable bonds is 11. The van der Waals surface area contributed by atoms with Gasteiger partial charge in [-0.15, -0.1) is 0 Å². The van der Waals surface area contributed by atoms with Crippen molar-refractivity contribution in [2.24, 2.45) is 5.92 Å². The van der Waals surface area contributed by atoms with Crippen molar-refractivity contribution in [3.8, 4) is 0 Å². The van der Waals surface area contributed by atoms with Crippen molar-refractivity contribution < 1.29 is 9.47 Å². The van der Waals surface area contributed by atoms with E-state index in [0.717, 1.165) is 32.6 Å². The number of ether oxygens (including phenoxy) is 2. The Hall–Kier alpha value is -0.120. The molecule has 3 nitrogen and oxygen atoms in total. The summed E-state index contributed by atoms with van der Waals surface area (Å²) >= 11 is 0. The van der Waals surface area contributed by atoms with Gasteiger partial charge in [0.1, 0.15) is 0 Å². The third kappa shape index (κ3) is 7.02. The fraction of sp³-hybridized carbons (Fsp3) is 1.00. The normalized spacial score (nSPS) is 16.8. The summed E-state index contributed by atoms with van der Waals surface area (Å²) in [5.74, 6) is 0.581. The van der Waals surface area contributed by atoms with E-state index >= 15 is 0 Å². The lowest BCUT2D eigenvalue weighted by Gasteiger charge is -2.32. The maximum absolute atomic E-state index is 5.89. The van der Waals surface area contributed by atoms with Crippen molar-refractivity contribution in [1.82, 2.24) is 5.32 Å². The molecular formula is C14H31NO2. The van der Waals surface area contributed by atoms with Gasteiger partial charge >= 0.3 is 0 Å². The lowest BCUT2D eigenvalue weighted by atomic mass is 9.91. The predicted molar refractivity (Wildman–Crippen MR) is 73.4 cm³/mol. The Balaban J connectivity index is 4.40. The summed E-state index contributed by atoms with van der Waals surface area (Å²) in [6, 6.07) is 0.440. The van der Waals surface area contributed by atoms with Crippen molar-refractivity contribution in [2.45, 2.75) is 59.1 Å². The lowest BCUT2D eigenvalue weighted by molar-refractivity contribution is 0.00993. The standard InChI is InChI=1S/C14H31NO2/c1-6-9-13(17-8-3)14(15-7-2)12(4)10-11-16-5/h12-15H,6-11H2,1-5H3. The van der Waals surface area contributed by atoms with Crippen molar-refractivity contribution in [3.63, 3.8) is 0 Å². The van der Waals surface area contributed by atoms with E-state index in [9.17, 15) is 0 Å². The summed E-state index contributed by atoms with van der Waals surface area (Å²) in [4.78, 5) is 0. The van der Waals surface area contributed by atoms with Crippen LogP contribution in [-0.4, -0.2) is 39.0 Å². The summed E-state index contributed by atoms with van der Waals surface area (Å²) in [5, 5.41) is 3.58. The molecule has 0 aromatic rings. The van der Waals surface area contributed by atoms with Gasteiger partial charge in [-0.25, -0.2) is 0 Å². The Morgan fingerprint density at radius 1 is 1.12 bits per heavy atom. The van der Waals surface area contributed by atoms with Crippen molar-refractivity contribution in [1.29, 1.82) is 0 Å². The molecule has 0 amide bonds. The lowest BCUT2D eigenvalue weighted by Crippen LogP contribution is -2.46. The molecule has 104 valence electrons. The van der Waals surface area contributed by atoms with Crippen LogP contribution in [0.2, 0.25) is 0 Å². The van der Waals surface area contributed by atoms with E-state index in [-0.39, 0.29) is 0 Å².